The predicted molar refractivity (Wildman–Crippen MR) is 112 cm³/mol. The quantitative estimate of drug-likeness (QED) is 0.726. The predicted octanol–water partition coefficient (Wildman–Crippen LogP) is 3.13. The summed E-state index contributed by atoms with van der Waals surface area (Å²) in [5.74, 6) is 0.343. The molecular formula is C22H26FN3O4. The zero-order chi connectivity index (χ0) is 21.5. The van der Waals surface area contributed by atoms with E-state index in [-0.39, 0.29) is 30.1 Å². The fourth-order valence-corrected chi connectivity index (χ4v) is 3.48. The Morgan fingerprint density at radius 1 is 1.00 bits per heavy atom. The number of halogens is 1. The minimum Gasteiger partial charge on any atom is -0.493 e. The van der Waals surface area contributed by atoms with Crippen molar-refractivity contribution in [2.75, 3.05) is 44.5 Å². The molecule has 0 saturated carbocycles. The molecule has 0 atom stereocenters. The van der Waals surface area contributed by atoms with E-state index in [4.69, 9.17) is 9.47 Å². The first-order valence-corrected chi connectivity index (χ1v) is 9.79. The van der Waals surface area contributed by atoms with Crippen LogP contribution in [-0.4, -0.2) is 50.6 Å². The van der Waals surface area contributed by atoms with Crippen LogP contribution in [0, 0.1) is 11.7 Å². The maximum atomic E-state index is 13.3. The Morgan fingerprint density at radius 2 is 1.70 bits per heavy atom. The molecule has 0 aromatic heterocycles. The average molecular weight is 415 g/mol. The monoisotopic (exact) mass is 415 g/mol. The molecule has 1 aliphatic rings. The molecule has 8 heteroatoms. The lowest BCUT2D eigenvalue weighted by molar-refractivity contribution is -0.121. The Bertz CT molecular complexity index is 898. The highest BCUT2D eigenvalue weighted by Gasteiger charge is 2.26. The molecule has 0 bridgehead atoms. The van der Waals surface area contributed by atoms with E-state index in [0.29, 0.717) is 48.8 Å². The first-order valence-electron chi connectivity index (χ1n) is 9.79. The van der Waals surface area contributed by atoms with Crippen molar-refractivity contribution in [3.05, 3.63) is 48.3 Å². The van der Waals surface area contributed by atoms with Gasteiger partial charge in [0.2, 0.25) is 11.8 Å². The molecule has 0 aliphatic carbocycles. The van der Waals surface area contributed by atoms with Gasteiger partial charge in [0.25, 0.3) is 0 Å². The van der Waals surface area contributed by atoms with Gasteiger partial charge in [0.05, 0.1) is 20.8 Å². The summed E-state index contributed by atoms with van der Waals surface area (Å²) in [7, 11) is 3.09. The van der Waals surface area contributed by atoms with Crippen LogP contribution in [0.4, 0.5) is 15.8 Å². The number of anilines is 2. The van der Waals surface area contributed by atoms with Gasteiger partial charge in [-0.05, 0) is 56.3 Å². The Labute approximate surface area is 175 Å². The third kappa shape index (κ3) is 5.70. The van der Waals surface area contributed by atoms with Gasteiger partial charge >= 0.3 is 0 Å². The first-order chi connectivity index (χ1) is 14.5. The van der Waals surface area contributed by atoms with Gasteiger partial charge in [0, 0.05) is 23.4 Å². The number of carbonyl (C=O) groups excluding carboxylic acids is 2. The maximum absolute atomic E-state index is 13.3. The third-order valence-corrected chi connectivity index (χ3v) is 5.09. The number of benzene rings is 2. The summed E-state index contributed by atoms with van der Waals surface area (Å²) in [6.07, 6.45) is 1.29. The van der Waals surface area contributed by atoms with E-state index >= 15 is 0 Å². The lowest BCUT2D eigenvalue weighted by atomic mass is 9.96. The van der Waals surface area contributed by atoms with Crippen LogP contribution in [0.3, 0.4) is 0 Å². The molecule has 2 amide bonds. The van der Waals surface area contributed by atoms with Crippen LogP contribution >= 0.6 is 0 Å². The number of hydrogen-bond donors (Lipinski definition) is 2. The van der Waals surface area contributed by atoms with E-state index in [1.165, 1.54) is 19.2 Å². The Balaban J connectivity index is 1.46. The second kappa shape index (κ2) is 10.1. The summed E-state index contributed by atoms with van der Waals surface area (Å²) < 4.78 is 23.7. The molecule has 1 saturated heterocycles. The van der Waals surface area contributed by atoms with Crippen molar-refractivity contribution < 1.29 is 23.5 Å². The summed E-state index contributed by atoms with van der Waals surface area (Å²) in [5, 5.41) is 5.62. The first kappa shape index (κ1) is 21.6. The molecule has 7 nitrogen and oxygen atoms in total. The zero-order valence-corrected chi connectivity index (χ0v) is 17.1. The Kier molecular flexibility index (Phi) is 7.24. The molecule has 1 fully saturated rings. The topological polar surface area (TPSA) is 79.9 Å². The standard InChI is InChI=1S/C22H26FN3O4/c1-29-19-7-6-18(13-20(19)30-2)24-21(27)14-26-10-8-15(9-11-26)22(28)25-17-5-3-4-16(23)12-17/h3-7,12-13,15H,8-11,14H2,1-2H3,(H,24,27)(H,25,28). The number of likely N-dealkylation sites (tertiary alicyclic amines) is 1. The molecule has 0 radical (unpaired) electrons. The van der Waals surface area contributed by atoms with Crippen molar-refractivity contribution in [3.8, 4) is 11.5 Å². The number of ether oxygens (including phenoxy) is 2. The second-order valence-electron chi connectivity index (χ2n) is 7.17. The van der Waals surface area contributed by atoms with Crippen LogP contribution in [0.1, 0.15) is 12.8 Å². The number of amides is 2. The number of piperidine rings is 1. The third-order valence-electron chi connectivity index (χ3n) is 5.09. The van der Waals surface area contributed by atoms with E-state index in [0.717, 1.165) is 0 Å². The highest BCUT2D eigenvalue weighted by atomic mass is 19.1. The minimum absolute atomic E-state index is 0.116. The highest BCUT2D eigenvalue weighted by molar-refractivity contribution is 5.93. The van der Waals surface area contributed by atoms with E-state index in [9.17, 15) is 14.0 Å². The van der Waals surface area contributed by atoms with Gasteiger partial charge in [0.1, 0.15) is 5.82 Å². The Hall–Kier alpha value is -3.13. The maximum Gasteiger partial charge on any atom is 0.238 e. The number of nitrogens with one attached hydrogen (secondary N) is 2. The molecular weight excluding hydrogens is 389 g/mol. The molecule has 2 aromatic rings. The van der Waals surface area contributed by atoms with Crippen LogP contribution in [0.2, 0.25) is 0 Å². The number of hydrogen-bond acceptors (Lipinski definition) is 5. The van der Waals surface area contributed by atoms with Gasteiger partial charge in [-0.15, -0.1) is 0 Å². The van der Waals surface area contributed by atoms with Crippen molar-refractivity contribution in [3.63, 3.8) is 0 Å². The zero-order valence-electron chi connectivity index (χ0n) is 17.1. The second-order valence-corrected chi connectivity index (χ2v) is 7.17. The SMILES string of the molecule is COc1ccc(NC(=O)CN2CCC(C(=O)Nc3cccc(F)c3)CC2)cc1OC. The number of rotatable bonds is 7. The van der Waals surface area contributed by atoms with Gasteiger partial charge in [-0.3, -0.25) is 14.5 Å². The van der Waals surface area contributed by atoms with Gasteiger partial charge in [0.15, 0.2) is 11.5 Å². The molecule has 30 heavy (non-hydrogen) atoms. The number of methoxy groups -OCH3 is 2. The molecule has 1 aliphatic heterocycles. The van der Waals surface area contributed by atoms with Gasteiger partial charge < -0.3 is 20.1 Å². The lowest BCUT2D eigenvalue weighted by Crippen LogP contribution is -2.41. The average Bonchev–Trinajstić information content (AvgIpc) is 2.74. The van der Waals surface area contributed by atoms with Gasteiger partial charge in [-0.2, -0.15) is 0 Å². The largest absolute Gasteiger partial charge is 0.493 e. The van der Waals surface area contributed by atoms with Crippen molar-refractivity contribution in [2.45, 2.75) is 12.8 Å². The lowest BCUT2D eigenvalue weighted by Gasteiger charge is -2.30. The molecule has 2 N–H and O–H groups in total. The van der Waals surface area contributed by atoms with Gasteiger partial charge in [-0.1, -0.05) is 6.07 Å². The van der Waals surface area contributed by atoms with Crippen molar-refractivity contribution in [1.82, 2.24) is 4.90 Å². The van der Waals surface area contributed by atoms with Crippen molar-refractivity contribution in [1.29, 1.82) is 0 Å². The molecule has 2 aromatic carbocycles. The van der Waals surface area contributed by atoms with Crippen LogP contribution in [0.15, 0.2) is 42.5 Å². The van der Waals surface area contributed by atoms with E-state index in [1.54, 1.807) is 37.4 Å². The van der Waals surface area contributed by atoms with E-state index < -0.39 is 0 Å². The highest BCUT2D eigenvalue weighted by Crippen LogP contribution is 2.29. The molecule has 3 rings (SSSR count). The number of carbonyl (C=O) groups is 2. The minimum atomic E-state index is -0.386. The number of nitrogens with zero attached hydrogens (tertiary/aromatic N) is 1. The van der Waals surface area contributed by atoms with Crippen LogP contribution in [0.5, 0.6) is 11.5 Å². The fraction of sp³-hybridized carbons (Fsp3) is 0.364. The fourth-order valence-electron chi connectivity index (χ4n) is 3.48. The smallest absolute Gasteiger partial charge is 0.238 e. The van der Waals surface area contributed by atoms with Crippen molar-refractivity contribution >= 4 is 23.2 Å². The summed E-state index contributed by atoms with van der Waals surface area (Å²) in [5.41, 5.74) is 1.08. The summed E-state index contributed by atoms with van der Waals surface area (Å²) in [6, 6.07) is 11.0. The molecule has 1 heterocycles. The normalized spacial score (nSPS) is 14.8. The summed E-state index contributed by atoms with van der Waals surface area (Å²) >= 11 is 0. The molecule has 160 valence electrons. The van der Waals surface area contributed by atoms with Crippen LogP contribution in [-0.2, 0) is 9.59 Å². The van der Waals surface area contributed by atoms with Crippen molar-refractivity contribution in [2.24, 2.45) is 5.92 Å². The summed E-state index contributed by atoms with van der Waals surface area (Å²) in [4.78, 5) is 26.8. The molecule has 0 spiro atoms. The van der Waals surface area contributed by atoms with Gasteiger partial charge in [-0.25, -0.2) is 4.39 Å². The van der Waals surface area contributed by atoms with E-state index in [1.807, 2.05) is 4.90 Å². The Morgan fingerprint density at radius 3 is 2.37 bits per heavy atom. The molecule has 0 unspecified atom stereocenters. The summed E-state index contributed by atoms with van der Waals surface area (Å²) in [6.45, 7) is 1.52. The van der Waals surface area contributed by atoms with E-state index in [2.05, 4.69) is 10.6 Å². The van der Waals surface area contributed by atoms with Crippen LogP contribution < -0.4 is 20.1 Å². The van der Waals surface area contributed by atoms with Crippen LogP contribution in [0.25, 0.3) is 0 Å².